The second kappa shape index (κ2) is 6.12. The Kier molecular flexibility index (Phi) is 5.40. The Morgan fingerprint density at radius 1 is 1.38 bits per heavy atom. The van der Waals surface area contributed by atoms with Gasteiger partial charge in [0, 0.05) is 24.4 Å². The van der Waals surface area contributed by atoms with Gasteiger partial charge in [0.25, 0.3) is 0 Å². The summed E-state index contributed by atoms with van der Waals surface area (Å²) in [7, 11) is 0. The lowest BCUT2D eigenvalue weighted by atomic mass is 10.2. The van der Waals surface area contributed by atoms with Crippen molar-refractivity contribution >= 4 is 11.8 Å². The number of thioether (sulfide) groups is 1. The Hall–Kier alpha value is 0.0600. The number of rotatable bonds is 5. The molecule has 16 heavy (non-hydrogen) atoms. The predicted molar refractivity (Wildman–Crippen MR) is 61.9 cm³/mol. The number of hydrogen-bond donors (Lipinski definition) is 1. The predicted octanol–water partition coefficient (Wildman–Crippen LogP) is 1.96. The average molecular weight is 256 g/mol. The molecule has 0 amide bonds. The van der Waals surface area contributed by atoms with Crippen LogP contribution in [0.5, 0.6) is 0 Å². The molecule has 6 heteroatoms. The van der Waals surface area contributed by atoms with Crippen LogP contribution in [-0.4, -0.2) is 54.8 Å². The summed E-state index contributed by atoms with van der Waals surface area (Å²) in [6.45, 7) is 3.12. The highest BCUT2D eigenvalue weighted by molar-refractivity contribution is 7.99. The van der Waals surface area contributed by atoms with Crippen LogP contribution < -0.4 is 5.32 Å². The molecule has 1 fully saturated rings. The zero-order chi connectivity index (χ0) is 12.2. The van der Waals surface area contributed by atoms with Crippen LogP contribution >= 0.6 is 11.8 Å². The zero-order valence-corrected chi connectivity index (χ0v) is 10.5. The summed E-state index contributed by atoms with van der Waals surface area (Å²) in [5.74, 6) is 0. The minimum absolute atomic E-state index is 0.0107. The van der Waals surface area contributed by atoms with Crippen LogP contribution in [0.1, 0.15) is 13.3 Å². The molecule has 0 aromatic heterocycles. The molecule has 1 aliphatic rings. The van der Waals surface area contributed by atoms with Crippen LogP contribution in [0.25, 0.3) is 0 Å². The van der Waals surface area contributed by atoms with Gasteiger partial charge in [0.15, 0.2) is 0 Å². The fourth-order valence-corrected chi connectivity index (χ4v) is 2.99. The van der Waals surface area contributed by atoms with Crippen LogP contribution in [0.3, 0.4) is 0 Å². The maximum absolute atomic E-state index is 12.4. The van der Waals surface area contributed by atoms with Crippen LogP contribution in [-0.2, 0) is 0 Å². The number of alkyl halides is 3. The van der Waals surface area contributed by atoms with Gasteiger partial charge in [0.05, 0.1) is 6.54 Å². The zero-order valence-electron chi connectivity index (χ0n) is 9.68. The van der Waals surface area contributed by atoms with E-state index in [0.717, 1.165) is 13.0 Å². The van der Waals surface area contributed by atoms with Gasteiger partial charge in [-0.3, -0.25) is 4.90 Å². The Morgan fingerprint density at radius 2 is 2.06 bits per heavy atom. The van der Waals surface area contributed by atoms with E-state index >= 15 is 0 Å². The van der Waals surface area contributed by atoms with E-state index in [9.17, 15) is 13.2 Å². The quantitative estimate of drug-likeness (QED) is 0.809. The van der Waals surface area contributed by atoms with Gasteiger partial charge < -0.3 is 5.32 Å². The highest BCUT2D eigenvalue weighted by Crippen LogP contribution is 2.24. The van der Waals surface area contributed by atoms with Crippen molar-refractivity contribution in [2.24, 2.45) is 0 Å². The molecule has 0 radical (unpaired) electrons. The third-order valence-corrected chi connectivity index (χ3v) is 3.88. The summed E-state index contributed by atoms with van der Waals surface area (Å²) in [5, 5.41) is 3.44. The van der Waals surface area contributed by atoms with E-state index in [-0.39, 0.29) is 11.3 Å². The van der Waals surface area contributed by atoms with Crippen LogP contribution in [0.15, 0.2) is 0 Å². The first-order valence-electron chi connectivity index (χ1n) is 5.52. The maximum Gasteiger partial charge on any atom is 0.401 e. The van der Waals surface area contributed by atoms with Gasteiger partial charge in [-0.25, -0.2) is 0 Å². The molecule has 2 atom stereocenters. The van der Waals surface area contributed by atoms with E-state index in [4.69, 9.17) is 0 Å². The van der Waals surface area contributed by atoms with Crippen molar-refractivity contribution in [1.82, 2.24) is 10.2 Å². The molecule has 0 aromatic rings. The lowest BCUT2D eigenvalue weighted by Gasteiger charge is -2.32. The van der Waals surface area contributed by atoms with E-state index in [1.54, 1.807) is 16.7 Å². The molecular weight excluding hydrogens is 237 g/mol. The van der Waals surface area contributed by atoms with Gasteiger partial charge in [0.1, 0.15) is 0 Å². The van der Waals surface area contributed by atoms with Crippen molar-refractivity contribution in [3.8, 4) is 0 Å². The summed E-state index contributed by atoms with van der Waals surface area (Å²) in [5.41, 5.74) is 0. The molecule has 1 rings (SSSR count). The minimum Gasteiger partial charge on any atom is -0.314 e. The maximum atomic E-state index is 12.4. The number of hydrogen-bond acceptors (Lipinski definition) is 3. The molecule has 1 heterocycles. The molecule has 0 aromatic carbocycles. The SMILES string of the molecule is CCCN(CC(F)(F)F)C1CNCC1SC. The Bertz CT molecular complexity index is 211. The van der Waals surface area contributed by atoms with Crippen LogP contribution in [0.4, 0.5) is 13.2 Å². The van der Waals surface area contributed by atoms with Crippen molar-refractivity contribution in [2.75, 3.05) is 32.4 Å². The second-order valence-electron chi connectivity index (χ2n) is 4.09. The van der Waals surface area contributed by atoms with E-state index in [2.05, 4.69) is 5.32 Å². The third kappa shape index (κ3) is 4.14. The Labute approximate surface area is 98.9 Å². The highest BCUT2D eigenvalue weighted by Gasteiger charge is 2.37. The molecule has 2 unspecified atom stereocenters. The van der Waals surface area contributed by atoms with Crippen molar-refractivity contribution < 1.29 is 13.2 Å². The first-order chi connectivity index (χ1) is 7.48. The lowest BCUT2D eigenvalue weighted by Crippen LogP contribution is -2.47. The lowest BCUT2D eigenvalue weighted by molar-refractivity contribution is -0.149. The first-order valence-corrected chi connectivity index (χ1v) is 6.81. The van der Waals surface area contributed by atoms with Crippen molar-refractivity contribution in [2.45, 2.75) is 30.8 Å². The smallest absolute Gasteiger partial charge is 0.314 e. The monoisotopic (exact) mass is 256 g/mol. The van der Waals surface area contributed by atoms with E-state index < -0.39 is 12.7 Å². The molecule has 1 N–H and O–H groups in total. The van der Waals surface area contributed by atoms with Gasteiger partial charge in [-0.1, -0.05) is 6.92 Å². The number of nitrogens with one attached hydrogen (secondary N) is 1. The van der Waals surface area contributed by atoms with Gasteiger partial charge >= 0.3 is 6.18 Å². The van der Waals surface area contributed by atoms with Gasteiger partial charge in [-0.15, -0.1) is 0 Å². The van der Waals surface area contributed by atoms with Crippen LogP contribution in [0.2, 0.25) is 0 Å². The van der Waals surface area contributed by atoms with Crippen LogP contribution in [0, 0.1) is 0 Å². The number of halogens is 3. The molecule has 0 spiro atoms. The first kappa shape index (κ1) is 14.1. The largest absolute Gasteiger partial charge is 0.401 e. The molecule has 1 aliphatic heterocycles. The van der Waals surface area contributed by atoms with Crippen molar-refractivity contribution in [3.05, 3.63) is 0 Å². The summed E-state index contributed by atoms with van der Waals surface area (Å²) in [4.78, 5) is 1.57. The third-order valence-electron chi connectivity index (χ3n) is 2.79. The van der Waals surface area contributed by atoms with Crippen molar-refractivity contribution in [3.63, 3.8) is 0 Å². The summed E-state index contributed by atoms with van der Waals surface area (Å²) >= 11 is 1.65. The topological polar surface area (TPSA) is 15.3 Å². The fraction of sp³-hybridized carbons (Fsp3) is 1.00. The van der Waals surface area contributed by atoms with Gasteiger partial charge in [0.2, 0.25) is 0 Å². The van der Waals surface area contributed by atoms with E-state index in [1.165, 1.54) is 0 Å². The Balaban J connectivity index is 2.61. The molecule has 1 saturated heterocycles. The number of nitrogens with zero attached hydrogens (tertiary/aromatic N) is 1. The second-order valence-corrected chi connectivity index (χ2v) is 5.16. The van der Waals surface area contributed by atoms with E-state index in [0.29, 0.717) is 13.1 Å². The van der Waals surface area contributed by atoms with Gasteiger partial charge in [-0.2, -0.15) is 24.9 Å². The molecule has 2 nitrogen and oxygen atoms in total. The summed E-state index contributed by atoms with van der Waals surface area (Å²) in [6, 6.07) is 0.0107. The minimum atomic E-state index is -4.10. The molecule has 0 bridgehead atoms. The molecular formula is C10H19F3N2S. The molecule has 0 saturated carbocycles. The Morgan fingerprint density at radius 3 is 2.56 bits per heavy atom. The average Bonchev–Trinajstić information content (AvgIpc) is 2.62. The highest BCUT2D eigenvalue weighted by atomic mass is 32.2. The van der Waals surface area contributed by atoms with Crippen molar-refractivity contribution in [1.29, 1.82) is 0 Å². The molecule has 96 valence electrons. The fourth-order valence-electron chi connectivity index (χ4n) is 2.13. The standard InChI is InChI=1S/C10H19F3N2S/c1-3-4-15(7-10(11,12)13)8-5-14-6-9(8)16-2/h8-9,14H,3-7H2,1-2H3. The molecule has 0 aliphatic carbocycles. The normalized spacial score (nSPS) is 26.6. The summed E-state index contributed by atoms with van der Waals surface area (Å²) < 4.78 is 37.3. The van der Waals surface area contributed by atoms with E-state index in [1.807, 2.05) is 13.2 Å². The van der Waals surface area contributed by atoms with Gasteiger partial charge in [-0.05, 0) is 19.2 Å². The summed E-state index contributed by atoms with van der Waals surface area (Å²) in [6.07, 6.45) is -1.38.